The van der Waals surface area contributed by atoms with Crippen molar-refractivity contribution in [2.24, 2.45) is 11.8 Å². The van der Waals surface area contributed by atoms with Crippen LogP contribution in [0.2, 0.25) is 0 Å². The van der Waals surface area contributed by atoms with E-state index in [0.717, 1.165) is 12.3 Å². The van der Waals surface area contributed by atoms with Crippen molar-refractivity contribution in [2.45, 2.75) is 65.0 Å². The van der Waals surface area contributed by atoms with E-state index >= 15 is 0 Å². The largest absolute Gasteiger partial charge is 0.347 e. The van der Waals surface area contributed by atoms with Crippen LogP contribution in [-0.2, 0) is 4.79 Å². The summed E-state index contributed by atoms with van der Waals surface area (Å²) in [5.41, 5.74) is 0. The predicted molar refractivity (Wildman–Crippen MR) is 76.5 cm³/mol. The van der Waals surface area contributed by atoms with Gasteiger partial charge < -0.3 is 10.2 Å². The van der Waals surface area contributed by atoms with E-state index in [2.05, 4.69) is 26.1 Å². The van der Waals surface area contributed by atoms with Crippen LogP contribution in [0.15, 0.2) is 0 Å². The molecule has 3 heteroatoms. The molecule has 1 N–H and O–H groups in total. The molecule has 3 nitrogen and oxygen atoms in total. The molecule has 3 atom stereocenters. The summed E-state index contributed by atoms with van der Waals surface area (Å²) < 4.78 is 0. The van der Waals surface area contributed by atoms with E-state index in [4.69, 9.17) is 0 Å². The minimum atomic E-state index is 0.000561. The van der Waals surface area contributed by atoms with Crippen LogP contribution in [0.4, 0.5) is 0 Å². The Morgan fingerprint density at radius 1 is 1.33 bits per heavy atom. The third-order valence-corrected chi connectivity index (χ3v) is 4.00. The van der Waals surface area contributed by atoms with Gasteiger partial charge in [0.2, 0.25) is 5.91 Å². The Balaban J connectivity index is 2.53. The van der Waals surface area contributed by atoms with Crippen LogP contribution < -0.4 is 5.32 Å². The number of nitrogens with zero attached hydrogens (tertiary/aromatic N) is 1. The van der Waals surface area contributed by atoms with Gasteiger partial charge in [-0.2, -0.15) is 0 Å². The number of nitrogens with one attached hydrogen (secondary N) is 1. The van der Waals surface area contributed by atoms with Crippen molar-refractivity contribution in [1.82, 2.24) is 10.2 Å². The second kappa shape index (κ2) is 7.13. The molecule has 106 valence electrons. The van der Waals surface area contributed by atoms with E-state index in [-0.39, 0.29) is 11.9 Å². The van der Waals surface area contributed by atoms with Crippen LogP contribution in [-0.4, -0.2) is 37.0 Å². The summed E-state index contributed by atoms with van der Waals surface area (Å²) in [6.45, 7) is 6.63. The number of likely N-dealkylation sites (N-methyl/N-ethyl adjacent to an activating group) is 1. The first-order chi connectivity index (χ1) is 8.43. The SMILES string of the molecule is CCC1CCC(NC(CC(C)C)C(=O)N(C)C)C1. The van der Waals surface area contributed by atoms with Crippen molar-refractivity contribution >= 4 is 5.91 Å². The van der Waals surface area contributed by atoms with Crippen molar-refractivity contribution in [3.8, 4) is 0 Å². The first-order valence-electron chi connectivity index (χ1n) is 7.41. The lowest BCUT2D eigenvalue weighted by atomic mass is 10.0. The Kier molecular flexibility index (Phi) is 6.13. The summed E-state index contributed by atoms with van der Waals surface area (Å²) in [5.74, 6) is 1.63. The number of amides is 1. The van der Waals surface area contributed by atoms with Gasteiger partial charge in [0.25, 0.3) is 0 Å². The zero-order chi connectivity index (χ0) is 13.7. The fourth-order valence-electron chi connectivity index (χ4n) is 2.90. The molecule has 0 radical (unpaired) electrons. The van der Waals surface area contributed by atoms with Crippen LogP contribution in [0, 0.1) is 11.8 Å². The quantitative estimate of drug-likeness (QED) is 0.790. The van der Waals surface area contributed by atoms with Gasteiger partial charge in [-0.15, -0.1) is 0 Å². The van der Waals surface area contributed by atoms with E-state index in [1.807, 2.05) is 14.1 Å². The van der Waals surface area contributed by atoms with Crippen molar-refractivity contribution < 1.29 is 4.79 Å². The second-order valence-electron chi connectivity index (χ2n) is 6.37. The molecule has 18 heavy (non-hydrogen) atoms. The summed E-state index contributed by atoms with van der Waals surface area (Å²) >= 11 is 0. The molecule has 0 aromatic rings. The molecule has 1 aliphatic carbocycles. The molecule has 0 bridgehead atoms. The third-order valence-electron chi connectivity index (χ3n) is 4.00. The van der Waals surface area contributed by atoms with Gasteiger partial charge in [0, 0.05) is 20.1 Å². The summed E-state index contributed by atoms with van der Waals surface area (Å²) in [5, 5.41) is 3.60. The predicted octanol–water partition coefficient (Wildman–Crippen LogP) is 2.66. The highest BCUT2D eigenvalue weighted by Crippen LogP contribution is 2.28. The van der Waals surface area contributed by atoms with Gasteiger partial charge in [-0.05, 0) is 37.5 Å². The molecule has 1 amide bonds. The van der Waals surface area contributed by atoms with Gasteiger partial charge in [-0.3, -0.25) is 4.79 Å². The number of hydrogen-bond acceptors (Lipinski definition) is 2. The molecule has 0 aliphatic heterocycles. The van der Waals surface area contributed by atoms with Crippen LogP contribution >= 0.6 is 0 Å². The summed E-state index contributed by atoms with van der Waals surface area (Å²) in [7, 11) is 3.70. The van der Waals surface area contributed by atoms with E-state index < -0.39 is 0 Å². The average molecular weight is 254 g/mol. The molecule has 1 fully saturated rings. The van der Waals surface area contributed by atoms with Crippen molar-refractivity contribution in [3.05, 3.63) is 0 Å². The van der Waals surface area contributed by atoms with E-state index in [9.17, 15) is 4.79 Å². The van der Waals surface area contributed by atoms with Gasteiger partial charge >= 0.3 is 0 Å². The van der Waals surface area contributed by atoms with Crippen molar-refractivity contribution in [1.29, 1.82) is 0 Å². The molecule has 0 aromatic heterocycles. The lowest BCUT2D eigenvalue weighted by molar-refractivity contribution is -0.131. The first-order valence-corrected chi connectivity index (χ1v) is 7.41. The highest BCUT2D eigenvalue weighted by Gasteiger charge is 2.29. The fourth-order valence-corrected chi connectivity index (χ4v) is 2.90. The van der Waals surface area contributed by atoms with Gasteiger partial charge in [0.1, 0.15) is 0 Å². The molecular formula is C15H30N2O. The van der Waals surface area contributed by atoms with Crippen LogP contribution in [0.1, 0.15) is 52.9 Å². The Morgan fingerprint density at radius 3 is 2.44 bits per heavy atom. The lowest BCUT2D eigenvalue weighted by Gasteiger charge is -2.26. The number of rotatable bonds is 6. The summed E-state index contributed by atoms with van der Waals surface area (Å²) in [6, 6.07) is 0.545. The molecule has 3 unspecified atom stereocenters. The van der Waals surface area contributed by atoms with E-state index in [1.54, 1.807) is 4.90 Å². The Morgan fingerprint density at radius 2 is 2.00 bits per heavy atom. The van der Waals surface area contributed by atoms with Crippen LogP contribution in [0.5, 0.6) is 0 Å². The van der Waals surface area contributed by atoms with Gasteiger partial charge in [0.15, 0.2) is 0 Å². The highest BCUT2D eigenvalue weighted by atomic mass is 16.2. The molecule has 1 rings (SSSR count). The zero-order valence-electron chi connectivity index (χ0n) is 12.7. The Bertz CT molecular complexity index is 263. The normalized spacial score (nSPS) is 25.4. The zero-order valence-corrected chi connectivity index (χ0v) is 12.7. The maximum Gasteiger partial charge on any atom is 0.239 e. The van der Waals surface area contributed by atoms with Gasteiger partial charge in [-0.25, -0.2) is 0 Å². The first kappa shape index (κ1) is 15.5. The minimum absolute atomic E-state index is 0.000561. The monoisotopic (exact) mass is 254 g/mol. The second-order valence-corrected chi connectivity index (χ2v) is 6.37. The molecule has 0 heterocycles. The fraction of sp³-hybridized carbons (Fsp3) is 0.933. The lowest BCUT2D eigenvalue weighted by Crippen LogP contribution is -2.48. The number of carbonyl (C=O) groups is 1. The van der Waals surface area contributed by atoms with Gasteiger partial charge in [0.05, 0.1) is 6.04 Å². The molecular weight excluding hydrogens is 224 g/mol. The van der Waals surface area contributed by atoms with Gasteiger partial charge in [-0.1, -0.05) is 27.2 Å². The maximum absolute atomic E-state index is 12.2. The molecule has 0 aromatic carbocycles. The summed E-state index contributed by atoms with van der Waals surface area (Å²) in [6.07, 6.45) is 6.00. The minimum Gasteiger partial charge on any atom is -0.347 e. The number of carbonyl (C=O) groups excluding carboxylic acids is 1. The molecule has 0 saturated heterocycles. The molecule has 1 aliphatic rings. The van der Waals surface area contributed by atoms with E-state index in [1.165, 1.54) is 25.7 Å². The standard InChI is InChI=1S/C15H30N2O/c1-6-12-7-8-13(10-12)16-14(9-11(2)3)15(18)17(4)5/h11-14,16H,6-10H2,1-5H3. The Labute approximate surface area is 112 Å². The highest BCUT2D eigenvalue weighted by molar-refractivity contribution is 5.81. The topological polar surface area (TPSA) is 32.3 Å². The van der Waals surface area contributed by atoms with Crippen LogP contribution in [0.3, 0.4) is 0 Å². The van der Waals surface area contributed by atoms with Crippen molar-refractivity contribution in [3.63, 3.8) is 0 Å². The molecule has 0 spiro atoms. The summed E-state index contributed by atoms with van der Waals surface area (Å²) in [4.78, 5) is 13.9. The van der Waals surface area contributed by atoms with Crippen LogP contribution in [0.25, 0.3) is 0 Å². The van der Waals surface area contributed by atoms with E-state index in [0.29, 0.717) is 12.0 Å². The Hall–Kier alpha value is -0.570. The maximum atomic E-state index is 12.2. The average Bonchev–Trinajstić information content (AvgIpc) is 2.74. The van der Waals surface area contributed by atoms with Crippen molar-refractivity contribution in [2.75, 3.05) is 14.1 Å². The smallest absolute Gasteiger partial charge is 0.239 e. The third kappa shape index (κ3) is 4.60. The molecule has 1 saturated carbocycles. The number of hydrogen-bond donors (Lipinski definition) is 1.